The fourth-order valence-electron chi connectivity index (χ4n) is 3.44. The molecule has 0 radical (unpaired) electrons. The van der Waals surface area contributed by atoms with Gasteiger partial charge in [0, 0.05) is 57.5 Å². The summed E-state index contributed by atoms with van der Waals surface area (Å²) in [6.45, 7) is 4.83. The molecule has 0 aliphatic carbocycles. The number of carbonyl (C=O) groups is 1. The molecule has 1 aliphatic rings. The molecular formula is C22H23N5O3S. The summed E-state index contributed by atoms with van der Waals surface area (Å²) >= 11 is 1.49. The number of carbonyl (C=O) groups excluding carboxylic acids is 1. The van der Waals surface area contributed by atoms with E-state index in [1.54, 1.807) is 24.3 Å². The Bertz CT molecular complexity index is 1090. The number of thiazole rings is 1. The number of nitrogens with one attached hydrogen (secondary N) is 1. The Morgan fingerprint density at radius 2 is 1.94 bits per heavy atom. The molecule has 31 heavy (non-hydrogen) atoms. The van der Waals surface area contributed by atoms with Crippen molar-refractivity contribution in [1.82, 2.24) is 15.2 Å². The maximum atomic E-state index is 12.0. The van der Waals surface area contributed by atoms with Gasteiger partial charge in [-0.05, 0) is 17.7 Å². The molecule has 0 atom stereocenters. The van der Waals surface area contributed by atoms with Crippen LogP contribution >= 0.6 is 11.3 Å². The van der Waals surface area contributed by atoms with Crippen LogP contribution in [0.3, 0.4) is 0 Å². The van der Waals surface area contributed by atoms with Crippen LogP contribution in [0.4, 0.5) is 10.8 Å². The molecular weight excluding hydrogens is 414 g/mol. The average Bonchev–Trinajstić information content (AvgIpc) is 3.22. The highest BCUT2D eigenvalue weighted by molar-refractivity contribution is 7.22. The monoisotopic (exact) mass is 437 g/mol. The number of piperazine rings is 1. The van der Waals surface area contributed by atoms with E-state index in [-0.39, 0.29) is 16.5 Å². The minimum Gasteiger partial charge on any atom is -0.351 e. The zero-order valence-electron chi connectivity index (χ0n) is 16.9. The van der Waals surface area contributed by atoms with Gasteiger partial charge >= 0.3 is 0 Å². The number of fused-ring (bicyclic) bond motifs is 1. The molecule has 1 N–H and O–H groups in total. The number of nitro groups is 1. The third kappa shape index (κ3) is 5.44. The zero-order valence-corrected chi connectivity index (χ0v) is 17.8. The van der Waals surface area contributed by atoms with Crippen molar-refractivity contribution in [2.24, 2.45) is 0 Å². The molecule has 0 bridgehead atoms. The van der Waals surface area contributed by atoms with E-state index < -0.39 is 0 Å². The van der Waals surface area contributed by atoms with Gasteiger partial charge in [0.05, 0.1) is 15.1 Å². The summed E-state index contributed by atoms with van der Waals surface area (Å²) in [5, 5.41) is 14.8. The first kappa shape index (κ1) is 21.0. The first-order valence-electron chi connectivity index (χ1n) is 10.1. The summed E-state index contributed by atoms with van der Waals surface area (Å²) in [6, 6.07) is 14.5. The smallest absolute Gasteiger partial charge is 0.270 e. The molecule has 1 aromatic heterocycles. The highest BCUT2D eigenvalue weighted by atomic mass is 32.1. The Kier molecular flexibility index (Phi) is 6.54. The first-order valence-corrected chi connectivity index (χ1v) is 10.9. The van der Waals surface area contributed by atoms with Gasteiger partial charge in [0.2, 0.25) is 5.91 Å². The summed E-state index contributed by atoms with van der Waals surface area (Å²) in [5.74, 6) is -0.0916. The number of non-ortho nitro benzene ring substituents is 1. The van der Waals surface area contributed by atoms with E-state index in [1.807, 2.05) is 30.3 Å². The van der Waals surface area contributed by atoms with Crippen molar-refractivity contribution < 1.29 is 9.72 Å². The number of benzene rings is 2. The normalized spacial score (nSPS) is 14.9. The lowest BCUT2D eigenvalue weighted by Gasteiger charge is -2.34. The third-order valence-corrected chi connectivity index (χ3v) is 6.25. The third-order valence-electron chi connectivity index (χ3n) is 5.17. The molecule has 2 aromatic carbocycles. The topological polar surface area (TPSA) is 91.6 Å². The van der Waals surface area contributed by atoms with Gasteiger partial charge in [0.25, 0.3) is 5.69 Å². The highest BCUT2D eigenvalue weighted by Crippen LogP contribution is 2.31. The number of rotatable bonds is 7. The van der Waals surface area contributed by atoms with Gasteiger partial charge in [-0.1, -0.05) is 41.7 Å². The summed E-state index contributed by atoms with van der Waals surface area (Å²) in [4.78, 5) is 31.7. The second kappa shape index (κ2) is 9.67. The standard InChI is InChI=1S/C22H23N5O3S/c28-21(9-6-17-4-2-1-3-5-17)23-10-11-25-12-14-26(15-13-25)22-24-19-8-7-18(27(29)30)16-20(19)31-22/h1-9,16H,10-15H2,(H,23,28)/b9-6+. The number of amides is 1. The number of nitro benzene ring substituents is 1. The molecule has 0 spiro atoms. The average molecular weight is 438 g/mol. The van der Waals surface area contributed by atoms with Crippen LogP contribution in [0.5, 0.6) is 0 Å². The molecule has 0 saturated carbocycles. The first-order chi connectivity index (χ1) is 15.1. The van der Waals surface area contributed by atoms with Gasteiger partial charge in [-0.2, -0.15) is 0 Å². The van der Waals surface area contributed by atoms with Crippen molar-refractivity contribution in [2.75, 3.05) is 44.2 Å². The number of hydrogen-bond donors (Lipinski definition) is 1. The van der Waals surface area contributed by atoms with Crippen molar-refractivity contribution in [3.8, 4) is 0 Å². The Labute approximate surface area is 184 Å². The quantitative estimate of drug-likeness (QED) is 0.347. The number of hydrogen-bond acceptors (Lipinski definition) is 7. The Hall–Kier alpha value is -3.30. The zero-order chi connectivity index (χ0) is 21.6. The van der Waals surface area contributed by atoms with E-state index in [4.69, 9.17) is 0 Å². The second-order valence-electron chi connectivity index (χ2n) is 7.27. The highest BCUT2D eigenvalue weighted by Gasteiger charge is 2.20. The van der Waals surface area contributed by atoms with Crippen molar-refractivity contribution in [2.45, 2.75) is 0 Å². The van der Waals surface area contributed by atoms with Crippen molar-refractivity contribution >= 4 is 44.4 Å². The molecule has 1 aliphatic heterocycles. The number of nitrogens with zero attached hydrogens (tertiary/aromatic N) is 4. The Morgan fingerprint density at radius 1 is 1.16 bits per heavy atom. The predicted octanol–water partition coefficient (Wildman–Crippen LogP) is 3.16. The van der Waals surface area contributed by atoms with Crippen molar-refractivity contribution in [3.63, 3.8) is 0 Å². The molecule has 1 amide bonds. The number of anilines is 1. The van der Waals surface area contributed by atoms with Gasteiger partial charge < -0.3 is 10.2 Å². The number of aromatic nitrogens is 1. The van der Waals surface area contributed by atoms with Crippen LogP contribution < -0.4 is 10.2 Å². The van der Waals surface area contributed by atoms with Crippen LogP contribution in [-0.2, 0) is 4.79 Å². The predicted molar refractivity (Wildman–Crippen MR) is 123 cm³/mol. The molecule has 8 nitrogen and oxygen atoms in total. The lowest BCUT2D eigenvalue weighted by atomic mass is 10.2. The van der Waals surface area contributed by atoms with Crippen LogP contribution in [0.1, 0.15) is 5.56 Å². The Morgan fingerprint density at radius 3 is 2.68 bits per heavy atom. The fraction of sp³-hybridized carbons (Fsp3) is 0.273. The van der Waals surface area contributed by atoms with E-state index in [1.165, 1.54) is 17.4 Å². The molecule has 160 valence electrons. The molecule has 2 heterocycles. The minimum absolute atomic E-state index is 0.0909. The molecule has 1 saturated heterocycles. The van der Waals surface area contributed by atoms with Gasteiger partial charge in [-0.15, -0.1) is 0 Å². The van der Waals surface area contributed by atoms with Crippen LogP contribution in [-0.4, -0.2) is 60.0 Å². The maximum Gasteiger partial charge on any atom is 0.270 e. The summed E-state index contributed by atoms with van der Waals surface area (Å²) in [6.07, 6.45) is 3.37. The molecule has 0 unspecified atom stereocenters. The summed E-state index contributed by atoms with van der Waals surface area (Å²) in [7, 11) is 0. The molecule has 9 heteroatoms. The van der Waals surface area contributed by atoms with Gasteiger partial charge in [-0.3, -0.25) is 19.8 Å². The molecule has 3 aromatic rings. The van der Waals surface area contributed by atoms with E-state index >= 15 is 0 Å². The summed E-state index contributed by atoms with van der Waals surface area (Å²) < 4.78 is 0.831. The lowest BCUT2D eigenvalue weighted by Crippen LogP contribution is -2.48. The van der Waals surface area contributed by atoms with E-state index in [0.29, 0.717) is 6.54 Å². The van der Waals surface area contributed by atoms with E-state index in [9.17, 15) is 14.9 Å². The fourth-order valence-corrected chi connectivity index (χ4v) is 4.50. The van der Waals surface area contributed by atoms with Gasteiger partial charge in [-0.25, -0.2) is 4.98 Å². The van der Waals surface area contributed by atoms with E-state index in [2.05, 4.69) is 20.1 Å². The van der Waals surface area contributed by atoms with Gasteiger partial charge in [0.1, 0.15) is 0 Å². The maximum absolute atomic E-state index is 12.0. The van der Waals surface area contributed by atoms with Crippen LogP contribution in [0.15, 0.2) is 54.6 Å². The lowest BCUT2D eigenvalue weighted by molar-refractivity contribution is -0.384. The van der Waals surface area contributed by atoms with E-state index in [0.717, 1.165) is 53.6 Å². The van der Waals surface area contributed by atoms with Gasteiger partial charge in [0.15, 0.2) is 5.13 Å². The summed E-state index contributed by atoms with van der Waals surface area (Å²) in [5.41, 5.74) is 1.88. The minimum atomic E-state index is -0.381. The van der Waals surface area contributed by atoms with Crippen molar-refractivity contribution in [3.05, 3.63) is 70.3 Å². The van der Waals surface area contributed by atoms with Crippen molar-refractivity contribution in [1.29, 1.82) is 0 Å². The van der Waals surface area contributed by atoms with Crippen LogP contribution in [0.2, 0.25) is 0 Å². The molecule has 4 rings (SSSR count). The second-order valence-corrected chi connectivity index (χ2v) is 8.28. The van der Waals surface area contributed by atoms with Crippen LogP contribution in [0.25, 0.3) is 16.3 Å². The van der Waals surface area contributed by atoms with Crippen LogP contribution in [0, 0.1) is 10.1 Å². The largest absolute Gasteiger partial charge is 0.351 e. The SMILES string of the molecule is O=C(/C=C/c1ccccc1)NCCN1CCN(c2nc3ccc([N+](=O)[O-])cc3s2)CC1. The molecule has 1 fully saturated rings. The Balaban J connectivity index is 1.23.